The molecule has 3 aromatic rings. The number of methoxy groups -OCH3 is 1. The lowest BCUT2D eigenvalue weighted by atomic mass is 10.1. The van der Waals surface area contributed by atoms with Crippen LogP contribution in [0.15, 0.2) is 58.4 Å². The number of esters is 1. The second-order valence-corrected chi connectivity index (χ2v) is 6.36. The van der Waals surface area contributed by atoms with Gasteiger partial charge in [-0.25, -0.2) is 4.79 Å². The number of rotatable bonds is 5. The van der Waals surface area contributed by atoms with E-state index >= 15 is 0 Å². The smallest absolute Gasteiger partial charge is 0.341 e. The van der Waals surface area contributed by atoms with Gasteiger partial charge in [0.2, 0.25) is 0 Å². The van der Waals surface area contributed by atoms with E-state index in [9.17, 15) is 14.9 Å². The van der Waals surface area contributed by atoms with Gasteiger partial charge in [-0.05, 0) is 24.5 Å². The van der Waals surface area contributed by atoms with Crippen molar-refractivity contribution >= 4 is 23.2 Å². The van der Waals surface area contributed by atoms with E-state index in [1.54, 1.807) is 43.7 Å². The highest BCUT2D eigenvalue weighted by Crippen LogP contribution is 2.28. The molecule has 0 aliphatic heterocycles. The Hall–Kier alpha value is -3.24. The number of fused-ring (bicyclic) bond motifs is 1. The summed E-state index contributed by atoms with van der Waals surface area (Å²) in [4.78, 5) is 25.7. The molecule has 0 atom stereocenters. The highest BCUT2D eigenvalue weighted by Gasteiger charge is 2.23. The number of carbonyl (C=O) groups is 1. The number of hydrogen-bond acceptors (Lipinski definition) is 6. The van der Waals surface area contributed by atoms with Gasteiger partial charge in [0.1, 0.15) is 24.0 Å². The Morgan fingerprint density at radius 2 is 1.96 bits per heavy atom. The predicted octanol–water partition coefficient (Wildman–Crippen LogP) is 3.26. The van der Waals surface area contributed by atoms with Crippen LogP contribution in [-0.2, 0) is 11.3 Å². The van der Waals surface area contributed by atoms with Gasteiger partial charge >= 0.3 is 5.97 Å². The molecule has 0 saturated heterocycles. The molecule has 136 valence electrons. The zero-order valence-electron chi connectivity index (χ0n) is 14.8. The van der Waals surface area contributed by atoms with Crippen molar-refractivity contribution in [2.45, 2.75) is 11.5 Å². The highest BCUT2D eigenvalue weighted by atomic mass is 32.2. The summed E-state index contributed by atoms with van der Waals surface area (Å²) in [6.45, 7) is 0.0106. The maximum absolute atomic E-state index is 12.9. The standard InChI is InChI=1S/C20H16N2O4S/c1-25-16-9-4-3-7-13(16)12-26-20(24)17-15-8-5-6-10-22(15)19(23)14(11-21)18(17)27-2/h3-10H,12H2,1-2H3. The van der Waals surface area contributed by atoms with E-state index in [-0.39, 0.29) is 17.7 Å². The van der Waals surface area contributed by atoms with Crippen molar-refractivity contribution in [3.63, 3.8) is 0 Å². The van der Waals surface area contributed by atoms with E-state index < -0.39 is 11.5 Å². The first-order valence-corrected chi connectivity index (χ1v) is 9.25. The fourth-order valence-corrected chi connectivity index (χ4v) is 3.55. The zero-order valence-corrected chi connectivity index (χ0v) is 15.6. The van der Waals surface area contributed by atoms with Crippen LogP contribution in [-0.4, -0.2) is 23.7 Å². The fourth-order valence-electron chi connectivity index (χ4n) is 2.82. The third kappa shape index (κ3) is 3.39. The number of pyridine rings is 2. The minimum atomic E-state index is -0.606. The van der Waals surface area contributed by atoms with E-state index in [4.69, 9.17) is 9.47 Å². The van der Waals surface area contributed by atoms with Gasteiger partial charge in [0.15, 0.2) is 0 Å². The lowest BCUT2D eigenvalue weighted by molar-refractivity contribution is 0.0468. The molecule has 0 spiro atoms. The zero-order chi connectivity index (χ0) is 19.4. The van der Waals surface area contributed by atoms with E-state index in [1.165, 1.54) is 22.4 Å². The SMILES string of the molecule is COc1ccccc1COC(=O)c1c(SC)c(C#N)c(=O)n2ccccc12. The minimum absolute atomic E-state index is 0.0106. The van der Waals surface area contributed by atoms with Crippen molar-refractivity contribution in [2.75, 3.05) is 13.4 Å². The average molecular weight is 380 g/mol. The average Bonchev–Trinajstić information content (AvgIpc) is 2.72. The van der Waals surface area contributed by atoms with Crippen LogP contribution in [0.3, 0.4) is 0 Å². The summed E-state index contributed by atoms with van der Waals surface area (Å²) in [6, 6.07) is 14.2. The van der Waals surface area contributed by atoms with Gasteiger partial charge in [-0.3, -0.25) is 9.20 Å². The van der Waals surface area contributed by atoms with Crippen molar-refractivity contribution < 1.29 is 14.3 Å². The molecule has 1 aromatic carbocycles. The van der Waals surface area contributed by atoms with Gasteiger partial charge in [0.25, 0.3) is 5.56 Å². The van der Waals surface area contributed by atoms with Crippen molar-refractivity contribution in [3.8, 4) is 11.8 Å². The molecule has 7 heteroatoms. The summed E-state index contributed by atoms with van der Waals surface area (Å²) < 4.78 is 12.0. The number of thioether (sulfide) groups is 1. The summed E-state index contributed by atoms with van der Waals surface area (Å²) in [6.07, 6.45) is 3.24. The molecule has 0 aliphatic rings. The van der Waals surface area contributed by atoms with Gasteiger partial charge in [-0.2, -0.15) is 5.26 Å². The Balaban J connectivity index is 2.08. The van der Waals surface area contributed by atoms with Gasteiger partial charge in [0.05, 0.1) is 18.2 Å². The van der Waals surface area contributed by atoms with E-state index in [2.05, 4.69) is 0 Å². The maximum atomic E-state index is 12.9. The fraction of sp³-hybridized carbons (Fsp3) is 0.150. The topological polar surface area (TPSA) is 80.8 Å². The predicted molar refractivity (Wildman–Crippen MR) is 102 cm³/mol. The van der Waals surface area contributed by atoms with Crippen LogP contribution in [0.5, 0.6) is 5.75 Å². The van der Waals surface area contributed by atoms with E-state index in [0.717, 1.165) is 5.56 Å². The molecule has 0 aliphatic carbocycles. The van der Waals surface area contributed by atoms with Gasteiger partial charge in [0, 0.05) is 16.7 Å². The third-order valence-electron chi connectivity index (χ3n) is 4.07. The molecule has 0 amide bonds. The molecule has 2 aromatic heterocycles. The number of benzene rings is 1. The lowest BCUT2D eigenvalue weighted by Gasteiger charge is -2.14. The number of hydrogen-bond donors (Lipinski definition) is 0. The molecule has 0 saturated carbocycles. The van der Waals surface area contributed by atoms with Crippen LogP contribution in [0.4, 0.5) is 0 Å². The Labute approximate surface area is 160 Å². The normalized spacial score (nSPS) is 10.4. The first kappa shape index (κ1) is 18.5. The summed E-state index contributed by atoms with van der Waals surface area (Å²) in [7, 11) is 1.54. The van der Waals surface area contributed by atoms with Crippen LogP contribution < -0.4 is 10.3 Å². The van der Waals surface area contributed by atoms with E-state index in [0.29, 0.717) is 16.2 Å². The van der Waals surface area contributed by atoms with Crippen LogP contribution in [0, 0.1) is 11.3 Å². The Kier molecular flexibility index (Phi) is 5.48. The first-order chi connectivity index (χ1) is 13.1. The second kappa shape index (κ2) is 7.98. The molecule has 27 heavy (non-hydrogen) atoms. The lowest BCUT2D eigenvalue weighted by Crippen LogP contribution is -2.22. The molecule has 6 nitrogen and oxygen atoms in total. The largest absolute Gasteiger partial charge is 0.496 e. The Bertz CT molecular complexity index is 1120. The van der Waals surface area contributed by atoms with Crippen molar-refractivity contribution in [1.82, 2.24) is 4.40 Å². The number of para-hydroxylation sites is 1. The van der Waals surface area contributed by atoms with Gasteiger partial charge < -0.3 is 9.47 Å². The van der Waals surface area contributed by atoms with Gasteiger partial charge in [-0.1, -0.05) is 24.3 Å². The molecular formula is C20H16N2O4S. The quantitative estimate of drug-likeness (QED) is 0.499. The van der Waals surface area contributed by atoms with Crippen LogP contribution >= 0.6 is 11.8 Å². The first-order valence-electron chi connectivity index (χ1n) is 8.02. The summed E-state index contributed by atoms with van der Waals surface area (Å²) in [5.74, 6) is 0.00713. The second-order valence-electron chi connectivity index (χ2n) is 5.54. The summed E-state index contributed by atoms with van der Waals surface area (Å²) >= 11 is 1.17. The van der Waals surface area contributed by atoms with Crippen molar-refractivity contribution in [3.05, 3.63) is 75.7 Å². The van der Waals surface area contributed by atoms with Gasteiger partial charge in [-0.15, -0.1) is 11.8 Å². The van der Waals surface area contributed by atoms with Crippen molar-refractivity contribution in [1.29, 1.82) is 5.26 Å². The molecule has 0 N–H and O–H groups in total. The summed E-state index contributed by atoms with van der Waals surface area (Å²) in [5.41, 5.74) is 0.788. The highest BCUT2D eigenvalue weighted by molar-refractivity contribution is 7.98. The summed E-state index contributed by atoms with van der Waals surface area (Å²) in [5, 5.41) is 9.43. The number of nitrogens with zero attached hydrogens (tertiary/aromatic N) is 2. The number of ether oxygens (including phenoxy) is 2. The van der Waals surface area contributed by atoms with E-state index in [1.807, 2.05) is 18.2 Å². The Morgan fingerprint density at radius 1 is 1.22 bits per heavy atom. The maximum Gasteiger partial charge on any atom is 0.341 e. The minimum Gasteiger partial charge on any atom is -0.496 e. The Morgan fingerprint density at radius 3 is 2.67 bits per heavy atom. The van der Waals surface area contributed by atoms with Crippen LogP contribution in [0.25, 0.3) is 5.52 Å². The monoisotopic (exact) mass is 380 g/mol. The molecule has 2 heterocycles. The molecule has 3 rings (SSSR count). The van der Waals surface area contributed by atoms with Crippen LogP contribution in [0.1, 0.15) is 21.5 Å². The number of nitriles is 1. The number of carbonyl (C=O) groups excluding carboxylic acids is 1. The van der Waals surface area contributed by atoms with Crippen molar-refractivity contribution in [2.24, 2.45) is 0 Å². The molecule has 0 bridgehead atoms. The molecule has 0 fully saturated rings. The van der Waals surface area contributed by atoms with Crippen LogP contribution in [0.2, 0.25) is 0 Å². The molecule has 0 radical (unpaired) electrons. The molecule has 0 unspecified atom stereocenters. The third-order valence-corrected chi connectivity index (χ3v) is 4.89. The number of aromatic nitrogens is 1. The molecular weight excluding hydrogens is 364 g/mol.